The van der Waals surface area contributed by atoms with Crippen LogP contribution in [-0.2, 0) is 11.3 Å². The molecule has 1 amide bonds. The smallest absolute Gasteiger partial charge is 0.221 e. The van der Waals surface area contributed by atoms with Gasteiger partial charge in [0, 0.05) is 41.6 Å². The third kappa shape index (κ3) is 3.87. The lowest BCUT2D eigenvalue weighted by molar-refractivity contribution is -0.114. The quantitative estimate of drug-likeness (QED) is 0.744. The Labute approximate surface area is 143 Å². The number of hydrogen-bond donors (Lipinski definition) is 1. The zero-order valence-electron chi connectivity index (χ0n) is 12.7. The maximum absolute atomic E-state index is 11.2. The highest BCUT2D eigenvalue weighted by atomic mass is 79.9. The van der Waals surface area contributed by atoms with Gasteiger partial charge >= 0.3 is 0 Å². The number of halogens is 1. The summed E-state index contributed by atoms with van der Waals surface area (Å²) in [6.07, 6.45) is 3.75. The first kappa shape index (κ1) is 15.5. The van der Waals surface area contributed by atoms with E-state index in [9.17, 15) is 4.79 Å². The number of amides is 1. The second-order valence-corrected chi connectivity index (χ2v) is 6.18. The number of anilines is 1. The largest absolute Gasteiger partial charge is 0.327 e. The number of rotatable bonds is 4. The fraction of sp³-hybridized carbons (Fsp3) is 0.111. The van der Waals surface area contributed by atoms with Crippen LogP contribution in [0.4, 0.5) is 5.69 Å². The molecule has 0 aliphatic carbocycles. The molecule has 0 radical (unpaired) electrons. The number of hydrogen-bond acceptors (Lipinski definition) is 2. The van der Waals surface area contributed by atoms with Crippen LogP contribution in [0.15, 0.2) is 65.4 Å². The predicted octanol–water partition coefficient (Wildman–Crippen LogP) is 4.32. The average molecular weight is 370 g/mol. The van der Waals surface area contributed by atoms with E-state index in [1.807, 2.05) is 42.6 Å². The fourth-order valence-electron chi connectivity index (χ4n) is 2.42. The molecular weight excluding hydrogens is 354 g/mol. The van der Waals surface area contributed by atoms with Gasteiger partial charge in [-0.1, -0.05) is 40.2 Å². The van der Waals surface area contributed by atoms with Crippen LogP contribution in [0.2, 0.25) is 0 Å². The van der Waals surface area contributed by atoms with Crippen LogP contribution in [0.1, 0.15) is 12.5 Å². The molecule has 4 nitrogen and oxygen atoms in total. The average Bonchev–Trinajstić information content (AvgIpc) is 2.97. The molecule has 0 spiro atoms. The molecule has 0 fully saturated rings. The van der Waals surface area contributed by atoms with Crippen molar-refractivity contribution in [2.45, 2.75) is 13.5 Å². The van der Waals surface area contributed by atoms with Gasteiger partial charge in [0.2, 0.25) is 5.91 Å². The Morgan fingerprint density at radius 3 is 2.74 bits per heavy atom. The normalized spacial score (nSPS) is 10.5. The summed E-state index contributed by atoms with van der Waals surface area (Å²) >= 11 is 3.45. The first-order valence-corrected chi connectivity index (χ1v) is 8.05. The van der Waals surface area contributed by atoms with Gasteiger partial charge < -0.3 is 9.88 Å². The van der Waals surface area contributed by atoms with E-state index >= 15 is 0 Å². The predicted molar refractivity (Wildman–Crippen MR) is 95.2 cm³/mol. The third-order valence-electron chi connectivity index (χ3n) is 3.42. The molecular formula is C18H16BrN3O. The van der Waals surface area contributed by atoms with Crippen molar-refractivity contribution in [2.24, 2.45) is 0 Å². The Morgan fingerprint density at radius 1 is 1.22 bits per heavy atom. The molecule has 1 heterocycles. The van der Waals surface area contributed by atoms with Crippen LogP contribution in [0.5, 0.6) is 0 Å². The van der Waals surface area contributed by atoms with Crippen molar-refractivity contribution >= 4 is 27.5 Å². The molecule has 5 heteroatoms. The Hall–Kier alpha value is -2.40. The molecule has 0 bridgehead atoms. The van der Waals surface area contributed by atoms with E-state index in [2.05, 4.69) is 42.9 Å². The minimum atomic E-state index is -0.0830. The van der Waals surface area contributed by atoms with Gasteiger partial charge in [0.15, 0.2) is 0 Å². The van der Waals surface area contributed by atoms with E-state index < -0.39 is 0 Å². The molecule has 0 aliphatic rings. The van der Waals surface area contributed by atoms with Crippen LogP contribution >= 0.6 is 15.9 Å². The Bertz CT molecular complexity index is 824. The molecule has 0 aliphatic heterocycles. The van der Waals surface area contributed by atoms with Gasteiger partial charge in [0.25, 0.3) is 0 Å². The first-order valence-electron chi connectivity index (χ1n) is 7.25. The van der Waals surface area contributed by atoms with Gasteiger partial charge in [0.1, 0.15) is 5.82 Å². The summed E-state index contributed by atoms with van der Waals surface area (Å²) in [4.78, 5) is 15.7. The van der Waals surface area contributed by atoms with Crippen LogP contribution in [-0.4, -0.2) is 15.5 Å². The first-order chi connectivity index (χ1) is 11.1. The number of carbonyl (C=O) groups excluding carboxylic acids is 1. The van der Waals surface area contributed by atoms with E-state index in [1.54, 1.807) is 6.20 Å². The van der Waals surface area contributed by atoms with Gasteiger partial charge in [0.05, 0.1) is 0 Å². The minimum absolute atomic E-state index is 0.0830. The summed E-state index contributed by atoms with van der Waals surface area (Å²) < 4.78 is 3.16. The summed E-state index contributed by atoms with van der Waals surface area (Å²) in [5, 5.41) is 2.80. The van der Waals surface area contributed by atoms with Crippen LogP contribution in [0.25, 0.3) is 11.4 Å². The van der Waals surface area contributed by atoms with Crippen molar-refractivity contribution in [2.75, 3.05) is 5.32 Å². The van der Waals surface area contributed by atoms with Crippen molar-refractivity contribution < 1.29 is 4.79 Å². The number of carbonyl (C=O) groups is 1. The Balaban J connectivity index is 1.88. The molecule has 1 N–H and O–H groups in total. The number of benzene rings is 2. The van der Waals surface area contributed by atoms with Crippen molar-refractivity contribution in [1.29, 1.82) is 0 Å². The highest BCUT2D eigenvalue weighted by molar-refractivity contribution is 9.10. The van der Waals surface area contributed by atoms with Crippen molar-refractivity contribution in [3.8, 4) is 11.4 Å². The minimum Gasteiger partial charge on any atom is -0.327 e. The lowest BCUT2D eigenvalue weighted by atomic mass is 10.1. The molecule has 23 heavy (non-hydrogen) atoms. The fourth-order valence-corrected chi connectivity index (χ4v) is 2.69. The summed E-state index contributed by atoms with van der Waals surface area (Å²) in [5.74, 6) is 0.792. The molecule has 0 unspecified atom stereocenters. The Kier molecular flexibility index (Phi) is 4.57. The van der Waals surface area contributed by atoms with Gasteiger partial charge in [-0.15, -0.1) is 0 Å². The van der Waals surface area contributed by atoms with E-state index in [0.29, 0.717) is 0 Å². The maximum Gasteiger partial charge on any atom is 0.221 e. The molecule has 0 saturated carbocycles. The van der Waals surface area contributed by atoms with Gasteiger partial charge in [-0.05, 0) is 29.8 Å². The van der Waals surface area contributed by atoms with Crippen LogP contribution in [0.3, 0.4) is 0 Å². The van der Waals surface area contributed by atoms with Crippen molar-refractivity contribution in [3.05, 3.63) is 71.0 Å². The zero-order chi connectivity index (χ0) is 16.2. The summed E-state index contributed by atoms with van der Waals surface area (Å²) in [6.45, 7) is 2.24. The van der Waals surface area contributed by atoms with Crippen molar-refractivity contribution in [1.82, 2.24) is 9.55 Å². The molecule has 3 rings (SSSR count). The molecule has 0 atom stereocenters. The van der Waals surface area contributed by atoms with Gasteiger partial charge in [-0.2, -0.15) is 0 Å². The van der Waals surface area contributed by atoms with Crippen LogP contribution < -0.4 is 5.32 Å². The third-order valence-corrected chi connectivity index (χ3v) is 3.95. The second kappa shape index (κ2) is 6.79. The topological polar surface area (TPSA) is 46.9 Å². The molecule has 116 valence electrons. The molecule has 0 saturated heterocycles. The maximum atomic E-state index is 11.2. The van der Waals surface area contributed by atoms with Gasteiger partial charge in [-0.3, -0.25) is 4.79 Å². The lowest BCUT2D eigenvalue weighted by Gasteiger charge is -2.10. The molecule has 2 aromatic carbocycles. The number of aromatic nitrogens is 2. The lowest BCUT2D eigenvalue weighted by Crippen LogP contribution is -2.06. The molecule has 1 aromatic heterocycles. The molecule has 3 aromatic rings. The number of nitrogens with zero attached hydrogens (tertiary/aromatic N) is 2. The number of imidazole rings is 1. The highest BCUT2D eigenvalue weighted by Crippen LogP contribution is 2.22. The summed E-state index contributed by atoms with van der Waals surface area (Å²) in [6, 6.07) is 15.9. The standard InChI is InChI=1S/C18H16BrN3O/c1-13(23)21-17-4-2-3-15(11-17)18-20-9-10-22(18)12-14-5-7-16(19)8-6-14/h2-11H,12H2,1H3,(H,21,23). The van der Waals surface area contributed by atoms with E-state index in [0.717, 1.165) is 28.1 Å². The second-order valence-electron chi connectivity index (χ2n) is 5.27. The van der Waals surface area contributed by atoms with E-state index in [1.165, 1.54) is 12.5 Å². The van der Waals surface area contributed by atoms with E-state index in [4.69, 9.17) is 0 Å². The SMILES string of the molecule is CC(=O)Nc1cccc(-c2nccn2Cc2ccc(Br)cc2)c1. The van der Waals surface area contributed by atoms with Crippen LogP contribution in [0, 0.1) is 0 Å². The summed E-state index contributed by atoms with van der Waals surface area (Å²) in [5.41, 5.74) is 2.94. The Morgan fingerprint density at radius 2 is 2.00 bits per heavy atom. The monoisotopic (exact) mass is 369 g/mol. The summed E-state index contributed by atoms with van der Waals surface area (Å²) in [7, 11) is 0. The number of nitrogens with one attached hydrogen (secondary N) is 1. The van der Waals surface area contributed by atoms with Gasteiger partial charge in [-0.25, -0.2) is 4.98 Å². The van der Waals surface area contributed by atoms with E-state index in [-0.39, 0.29) is 5.91 Å². The zero-order valence-corrected chi connectivity index (χ0v) is 14.2. The highest BCUT2D eigenvalue weighted by Gasteiger charge is 2.08. The van der Waals surface area contributed by atoms with Crippen molar-refractivity contribution in [3.63, 3.8) is 0 Å².